The molecule has 1 aromatic rings. The zero-order valence-corrected chi connectivity index (χ0v) is 22.8. The van der Waals surface area contributed by atoms with Crippen LogP contribution in [-0.2, 0) is 0 Å². The van der Waals surface area contributed by atoms with Crippen LogP contribution in [0.1, 0.15) is 78.7 Å². The fourth-order valence-corrected chi connectivity index (χ4v) is 21.5. The maximum absolute atomic E-state index is 9.94. The molecule has 0 atom stereocenters. The van der Waals surface area contributed by atoms with E-state index >= 15 is 0 Å². The first-order chi connectivity index (χ1) is 13.5. The number of oxime groups is 1. The summed E-state index contributed by atoms with van der Waals surface area (Å²) in [6, 6.07) is 6.31. The Bertz CT molecular complexity index is 585. The molecule has 0 amide bonds. The fraction of sp³-hybridized carbons (Fsp3) is 0.696. The molecule has 0 aliphatic carbocycles. The summed E-state index contributed by atoms with van der Waals surface area (Å²) < 4.78 is 5.59. The van der Waals surface area contributed by atoms with Gasteiger partial charge in [0.1, 0.15) is 0 Å². The Hall–Kier alpha value is -0.461. The SMILES string of the molecule is CCC[CH2][Sn]([CH2]CCC)([CH2]CCC)[c]1cc(Cl)ccc1C(=NO)N(CC)CC.O. The first-order valence-electron chi connectivity index (χ1n) is 11.3. The van der Waals surface area contributed by atoms with E-state index in [2.05, 4.69) is 56.8 Å². The number of hydrogen-bond acceptors (Lipinski definition) is 2. The van der Waals surface area contributed by atoms with Crippen LogP contribution in [0.5, 0.6) is 0 Å². The van der Waals surface area contributed by atoms with Gasteiger partial charge in [0.2, 0.25) is 0 Å². The Morgan fingerprint density at radius 3 is 1.79 bits per heavy atom. The molecule has 4 nitrogen and oxygen atoms in total. The summed E-state index contributed by atoms with van der Waals surface area (Å²) in [4.78, 5) is 2.16. The molecule has 168 valence electrons. The van der Waals surface area contributed by atoms with Crippen LogP contribution in [0, 0.1) is 0 Å². The predicted molar refractivity (Wildman–Crippen MR) is 131 cm³/mol. The number of hydrogen-bond donors (Lipinski definition) is 1. The van der Waals surface area contributed by atoms with Gasteiger partial charge >= 0.3 is 183 Å². The van der Waals surface area contributed by atoms with Crippen molar-refractivity contribution in [1.29, 1.82) is 0 Å². The molecule has 0 aliphatic heterocycles. The molecule has 0 heterocycles. The van der Waals surface area contributed by atoms with Gasteiger partial charge in [-0.3, -0.25) is 0 Å². The predicted octanol–water partition coefficient (Wildman–Crippen LogP) is 6.05. The molecule has 1 aromatic carbocycles. The first-order valence-corrected chi connectivity index (χ1v) is 19.2. The van der Waals surface area contributed by atoms with Crippen LogP contribution < -0.4 is 3.58 Å². The van der Waals surface area contributed by atoms with Crippen molar-refractivity contribution < 1.29 is 10.7 Å². The van der Waals surface area contributed by atoms with Crippen molar-refractivity contribution in [2.24, 2.45) is 5.16 Å². The second-order valence-corrected chi connectivity index (χ2v) is 21.4. The summed E-state index contributed by atoms with van der Waals surface area (Å²) in [7, 11) is 0. The Kier molecular flexibility index (Phi) is 15.1. The topological polar surface area (TPSA) is 67.3 Å². The van der Waals surface area contributed by atoms with E-state index in [4.69, 9.17) is 11.6 Å². The fourth-order valence-electron chi connectivity index (χ4n) is 4.29. The average molecular weight is 534 g/mol. The van der Waals surface area contributed by atoms with Crippen molar-refractivity contribution in [3.8, 4) is 0 Å². The molecule has 0 spiro atoms. The molecule has 0 bridgehead atoms. The van der Waals surface area contributed by atoms with Gasteiger partial charge in [-0.1, -0.05) is 0 Å². The molecule has 3 N–H and O–H groups in total. The summed E-state index contributed by atoms with van der Waals surface area (Å²) in [6.07, 6.45) is 7.61. The molecule has 0 saturated carbocycles. The number of amidine groups is 1. The smallest absolute Gasteiger partial charge is 0.412 e. The van der Waals surface area contributed by atoms with Gasteiger partial charge in [0.25, 0.3) is 0 Å². The van der Waals surface area contributed by atoms with Gasteiger partial charge < -0.3 is 5.48 Å². The molecule has 1 rings (SSSR count). The van der Waals surface area contributed by atoms with Crippen molar-refractivity contribution in [1.82, 2.24) is 4.90 Å². The zero-order chi connectivity index (χ0) is 21.0. The van der Waals surface area contributed by atoms with Crippen LogP contribution >= 0.6 is 11.6 Å². The molecule has 29 heavy (non-hydrogen) atoms. The minimum atomic E-state index is -2.71. The van der Waals surface area contributed by atoms with E-state index in [1.54, 1.807) is 0 Å². The van der Waals surface area contributed by atoms with Crippen molar-refractivity contribution >= 4 is 39.4 Å². The molecule has 0 saturated heterocycles. The summed E-state index contributed by atoms with van der Waals surface area (Å²) in [5, 5.41) is 14.5. The van der Waals surface area contributed by atoms with E-state index in [1.165, 1.54) is 55.4 Å². The van der Waals surface area contributed by atoms with Crippen LogP contribution in [0.4, 0.5) is 0 Å². The van der Waals surface area contributed by atoms with Gasteiger partial charge in [-0.25, -0.2) is 0 Å². The Balaban J connectivity index is 0.00000784. The first kappa shape index (κ1) is 28.5. The van der Waals surface area contributed by atoms with E-state index in [1.807, 2.05) is 6.07 Å². The molecule has 6 heteroatoms. The average Bonchev–Trinajstić information content (AvgIpc) is 2.72. The van der Waals surface area contributed by atoms with Gasteiger partial charge in [-0.15, -0.1) is 0 Å². The van der Waals surface area contributed by atoms with Crippen LogP contribution in [0.2, 0.25) is 18.3 Å². The zero-order valence-electron chi connectivity index (χ0n) is 19.2. The Morgan fingerprint density at radius 2 is 1.41 bits per heavy atom. The van der Waals surface area contributed by atoms with Crippen molar-refractivity contribution in [2.45, 2.75) is 86.5 Å². The number of benzene rings is 1. The third-order valence-corrected chi connectivity index (χ3v) is 21.9. The third-order valence-electron chi connectivity index (χ3n) is 5.98. The van der Waals surface area contributed by atoms with Crippen LogP contribution in [0.3, 0.4) is 0 Å². The van der Waals surface area contributed by atoms with Gasteiger partial charge in [-0.05, 0) is 0 Å². The molecular weight excluding hydrogens is 490 g/mol. The monoisotopic (exact) mass is 534 g/mol. The number of nitrogens with zero attached hydrogens (tertiary/aromatic N) is 2. The Labute approximate surface area is 187 Å². The second-order valence-electron chi connectivity index (χ2n) is 7.88. The van der Waals surface area contributed by atoms with Gasteiger partial charge in [-0.2, -0.15) is 0 Å². The van der Waals surface area contributed by atoms with E-state index in [0.29, 0.717) is 0 Å². The normalized spacial score (nSPS) is 12.0. The molecular formula is C23H43ClN2O2Sn. The van der Waals surface area contributed by atoms with E-state index in [0.717, 1.165) is 29.5 Å². The Morgan fingerprint density at radius 1 is 0.931 bits per heavy atom. The summed E-state index contributed by atoms with van der Waals surface area (Å²) in [5.74, 6) is 0.724. The maximum Gasteiger partial charge on any atom is -0.412 e. The quantitative estimate of drug-likeness (QED) is 0.110. The number of halogens is 1. The summed E-state index contributed by atoms with van der Waals surface area (Å²) >= 11 is 3.83. The molecule has 0 fully saturated rings. The van der Waals surface area contributed by atoms with Crippen molar-refractivity contribution in [3.63, 3.8) is 0 Å². The third kappa shape index (κ3) is 7.95. The number of unbranched alkanes of at least 4 members (excludes halogenated alkanes) is 3. The van der Waals surface area contributed by atoms with Gasteiger partial charge in [0.15, 0.2) is 0 Å². The minimum Gasteiger partial charge on any atom is -0.412 e. The van der Waals surface area contributed by atoms with Gasteiger partial charge in [0, 0.05) is 0 Å². The minimum absolute atomic E-state index is 0. The molecule has 0 aliphatic rings. The summed E-state index contributed by atoms with van der Waals surface area (Å²) in [6.45, 7) is 12.8. The second kappa shape index (κ2) is 15.4. The molecule has 0 unspecified atom stereocenters. The van der Waals surface area contributed by atoms with Gasteiger partial charge in [0.05, 0.1) is 0 Å². The van der Waals surface area contributed by atoms with Crippen LogP contribution in [0.25, 0.3) is 0 Å². The maximum atomic E-state index is 9.94. The largest absolute Gasteiger partial charge is 0.412 e. The van der Waals surface area contributed by atoms with Crippen molar-refractivity contribution in [2.75, 3.05) is 13.1 Å². The molecule has 0 aromatic heterocycles. The number of rotatable bonds is 13. The molecule has 0 radical (unpaired) electrons. The van der Waals surface area contributed by atoms with E-state index < -0.39 is 18.4 Å². The van der Waals surface area contributed by atoms with Crippen LogP contribution in [0.15, 0.2) is 23.4 Å². The standard InChI is InChI=1S/C11H14ClN2O.3C4H9.H2O.Sn/c1-3-14(4-2)11(13-15)9-5-7-10(12)8-6-9;3*1-3-4-2;;/h5,7-8,15H,3-4H2,1-2H3;3*1,3-4H2,2H3;1H2;. The summed E-state index contributed by atoms with van der Waals surface area (Å²) in [5.41, 5.74) is 1.13. The van der Waals surface area contributed by atoms with Crippen molar-refractivity contribution in [3.05, 3.63) is 28.8 Å². The van der Waals surface area contributed by atoms with E-state index in [-0.39, 0.29) is 5.48 Å². The van der Waals surface area contributed by atoms with E-state index in [9.17, 15) is 5.21 Å². The van der Waals surface area contributed by atoms with Crippen LogP contribution in [-0.4, -0.2) is 52.9 Å².